The van der Waals surface area contributed by atoms with Gasteiger partial charge in [0.15, 0.2) is 0 Å². The molecular formula is C13H19NO2. The van der Waals surface area contributed by atoms with Crippen molar-refractivity contribution in [3.63, 3.8) is 0 Å². The molecule has 1 amide bonds. The van der Waals surface area contributed by atoms with Crippen LogP contribution in [-0.2, 0) is 0 Å². The summed E-state index contributed by atoms with van der Waals surface area (Å²) in [5, 5.41) is 11.4. The second kappa shape index (κ2) is 11.1. The van der Waals surface area contributed by atoms with Crippen molar-refractivity contribution in [2.75, 3.05) is 7.05 Å². The number of carbonyl (C=O) groups is 1. The summed E-state index contributed by atoms with van der Waals surface area (Å²) in [7, 11) is 1.55. The Labute approximate surface area is 97.5 Å². The molecule has 0 atom stereocenters. The highest BCUT2D eigenvalue weighted by Gasteiger charge is 2.01. The molecule has 0 saturated carbocycles. The van der Waals surface area contributed by atoms with Crippen molar-refractivity contribution in [2.24, 2.45) is 0 Å². The third-order valence-corrected chi connectivity index (χ3v) is 1.34. The maximum absolute atomic E-state index is 10.9. The van der Waals surface area contributed by atoms with Crippen LogP contribution >= 0.6 is 0 Å². The smallest absolute Gasteiger partial charge is 0.251 e. The van der Waals surface area contributed by atoms with Crippen molar-refractivity contribution in [1.29, 1.82) is 0 Å². The monoisotopic (exact) mass is 221 g/mol. The minimum absolute atomic E-state index is 0.103. The highest BCUT2D eigenvalue weighted by atomic mass is 16.3. The molecule has 1 aromatic rings. The fourth-order valence-electron chi connectivity index (χ4n) is 0.791. The highest BCUT2D eigenvalue weighted by molar-refractivity contribution is 5.94. The molecule has 1 aromatic carbocycles. The lowest BCUT2D eigenvalue weighted by Gasteiger charge is -1.98. The minimum Gasteiger partial charge on any atom is -0.508 e. The first kappa shape index (κ1) is 16.5. The third-order valence-electron chi connectivity index (χ3n) is 1.34. The van der Waals surface area contributed by atoms with Gasteiger partial charge in [-0.05, 0) is 18.2 Å². The van der Waals surface area contributed by atoms with Gasteiger partial charge in [-0.1, -0.05) is 26.3 Å². The quantitative estimate of drug-likeness (QED) is 0.715. The molecule has 0 spiro atoms. The van der Waals surface area contributed by atoms with E-state index in [1.807, 2.05) is 0 Å². The van der Waals surface area contributed by atoms with Gasteiger partial charge in [0.05, 0.1) is 0 Å². The van der Waals surface area contributed by atoms with Gasteiger partial charge in [0.2, 0.25) is 0 Å². The van der Waals surface area contributed by atoms with E-state index in [1.54, 1.807) is 19.2 Å². The van der Waals surface area contributed by atoms with Gasteiger partial charge in [-0.25, -0.2) is 0 Å². The van der Waals surface area contributed by atoms with Crippen LogP contribution in [0, 0.1) is 12.8 Å². The van der Waals surface area contributed by atoms with E-state index in [1.165, 1.54) is 18.6 Å². The fourth-order valence-corrected chi connectivity index (χ4v) is 0.791. The Balaban J connectivity index is 0. The maximum Gasteiger partial charge on any atom is 0.251 e. The molecule has 0 radical (unpaired) electrons. The summed E-state index contributed by atoms with van der Waals surface area (Å²) in [4.78, 5) is 10.9. The molecule has 0 bridgehead atoms. The maximum atomic E-state index is 10.9. The topological polar surface area (TPSA) is 49.3 Å². The number of rotatable bonds is 1. The van der Waals surface area contributed by atoms with Gasteiger partial charge in [-0.15, -0.1) is 12.8 Å². The second-order valence-electron chi connectivity index (χ2n) is 2.84. The molecule has 0 aliphatic heterocycles. The summed E-state index contributed by atoms with van der Waals surface area (Å²) >= 11 is 0. The summed E-state index contributed by atoms with van der Waals surface area (Å²) in [6, 6.07) is 6.20. The Morgan fingerprint density at radius 3 is 2.25 bits per heavy atom. The van der Waals surface area contributed by atoms with Gasteiger partial charge in [0.25, 0.3) is 5.91 Å². The van der Waals surface area contributed by atoms with E-state index in [9.17, 15) is 4.79 Å². The third kappa shape index (κ3) is 7.45. The van der Waals surface area contributed by atoms with Crippen LogP contribution in [0.1, 0.15) is 30.6 Å². The van der Waals surface area contributed by atoms with Crippen molar-refractivity contribution in [3.05, 3.63) is 29.8 Å². The lowest BCUT2D eigenvalue weighted by Crippen LogP contribution is -2.17. The number of benzene rings is 1. The Morgan fingerprint density at radius 2 is 1.88 bits per heavy atom. The van der Waals surface area contributed by atoms with Crippen LogP contribution in [0.5, 0.6) is 5.75 Å². The molecule has 0 aliphatic carbocycles. The van der Waals surface area contributed by atoms with E-state index in [4.69, 9.17) is 5.11 Å². The lowest BCUT2D eigenvalue weighted by molar-refractivity contribution is 0.0962. The van der Waals surface area contributed by atoms with Crippen molar-refractivity contribution < 1.29 is 9.90 Å². The molecule has 3 heteroatoms. The van der Waals surface area contributed by atoms with Gasteiger partial charge >= 0.3 is 0 Å². The number of aromatic hydroxyl groups is 1. The minimum atomic E-state index is -0.194. The highest BCUT2D eigenvalue weighted by Crippen LogP contribution is 2.09. The van der Waals surface area contributed by atoms with Crippen molar-refractivity contribution >= 4 is 5.91 Å². The second-order valence-corrected chi connectivity index (χ2v) is 2.84. The Morgan fingerprint density at radius 1 is 1.38 bits per heavy atom. The Bertz CT molecular complexity index is 319. The first-order chi connectivity index (χ1) is 7.65. The molecule has 16 heavy (non-hydrogen) atoms. The summed E-state index contributed by atoms with van der Waals surface area (Å²) in [6.45, 7) is 4.25. The summed E-state index contributed by atoms with van der Waals surface area (Å²) in [6.07, 6.45) is 9.25. The van der Waals surface area contributed by atoms with E-state index in [0.29, 0.717) is 5.56 Å². The van der Waals surface area contributed by atoms with Gasteiger partial charge < -0.3 is 10.4 Å². The average Bonchev–Trinajstić information content (AvgIpc) is 2.32. The Hall–Kier alpha value is -1.95. The predicted molar refractivity (Wildman–Crippen MR) is 67.4 cm³/mol. The van der Waals surface area contributed by atoms with E-state index in [2.05, 4.69) is 32.0 Å². The van der Waals surface area contributed by atoms with E-state index in [0.717, 1.165) is 0 Å². The number of hydrogen-bond acceptors (Lipinski definition) is 2. The SMILES string of the molecule is C#C.CCC.CNC(=O)c1cccc(O)c1. The zero-order valence-electron chi connectivity index (χ0n) is 10.0. The first-order valence-electron chi connectivity index (χ1n) is 5.00. The summed E-state index contributed by atoms with van der Waals surface area (Å²) in [5.74, 6) is -0.0907. The largest absolute Gasteiger partial charge is 0.508 e. The molecule has 0 saturated heterocycles. The van der Waals surface area contributed by atoms with E-state index < -0.39 is 0 Å². The molecule has 0 heterocycles. The van der Waals surface area contributed by atoms with Crippen molar-refractivity contribution in [1.82, 2.24) is 5.32 Å². The van der Waals surface area contributed by atoms with Crippen molar-refractivity contribution in [2.45, 2.75) is 20.3 Å². The number of hydrogen-bond donors (Lipinski definition) is 2. The average molecular weight is 221 g/mol. The van der Waals surface area contributed by atoms with Crippen LogP contribution in [-0.4, -0.2) is 18.1 Å². The standard InChI is InChI=1S/C8H9NO2.C3H8.C2H2/c1-9-8(11)6-3-2-4-7(10)5-6;1-3-2;1-2/h2-5,10H,1H3,(H,9,11);3H2,1-2H3;1-2H. The molecule has 0 aromatic heterocycles. The van der Waals surface area contributed by atoms with Crippen LogP contribution in [0.25, 0.3) is 0 Å². The summed E-state index contributed by atoms with van der Waals surface area (Å²) < 4.78 is 0. The van der Waals surface area contributed by atoms with E-state index >= 15 is 0 Å². The number of terminal acetylenes is 1. The normalized spacial score (nSPS) is 7.56. The zero-order chi connectivity index (χ0) is 13.0. The molecule has 88 valence electrons. The molecule has 2 N–H and O–H groups in total. The van der Waals surface area contributed by atoms with Gasteiger partial charge in [-0.3, -0.25) is 4.79 Å². The zero-order valence-corrected chi connectivity index (χ0v) is 10.0. The molecule has 0 unspecified atom stereocenters. The molecule has 3 nitrogen and oxygen atoms in total. The summed E-state index contributed by atoms with van der Waals surface area (Å²) in [5.41, 5.74) is 0.465. The van der Waals surface area contributed by atoms with Gasteiger partial charge in [-0.2, -0.15) is 0 Å². The molecular weight excluding hydrogens is 202 g/mol. The van der Waals surface area contributed by atoms with Crippen LogP contribution in [0.15, 0.2) is 24.3 Å². The van der Waals surface area contributed by atoms with Crippen LogP contribution < -0.4 is 5.32 Å². The van der Waals surface area contributed by atoms with E-state index in [-0.39, 0.29) is 11.7 Å². The van der Waals surface area contributed by atoms with Crippen LogP contribution in [0.2, 0.25) is 0 Å². The van der Waals surface area contributed by atoms with Crippen LogP contribution in [0.4, 0.5) is 0 Å². The lowest BCUT2D eigenvalue weighted by atomic mass is 10.2. The molecule has 0 fully saturated rings. The fraction of sp³-hybridized carbons (Fsp3) is 0.308. The first-order valence-corrected chi connectivity index (χ1v) is 5.00. The van der Waals surface area contributed by atoms with Crippen molar-refractivity contribution in [3.8, 4) is 18.6 Å². The number of carbonyl (C=O) groups excluding carboxylic acids is 1. The molecule has 1 rings (SSSR count). The predicted octanol–water partition coefficient (Wildman–Crippen LogP) is 2.42. The molecule has 0 aliphatic rings. The number of amides is 1. The van der Waals surface area contributed by atoms with Gasteiger partial charge in [0, 0.05) is 12.6 Å². The van der Waals surface area contributed by atoms with Crippen LogP contribution in [0.3, 0.4) is 0 Å². The number of phenolic OH excluding ortho intramolecular Hbond substituents is 1. The number of phenols is 1. The Kier molecular flexibility index (Phi) is 11.5. The number of nitrogens with one attached hydrogen (secondary N) is 1. The van der Waals surface area contributed by atoms with Gasteiger partial charge in [0.1, 0.15) is 5.75 Å².